The molecule has 2 amide bonds. The Morgan fingerprint density at radius 2 is 2.00 bits per heavy atom. The van der Waals surface area contributed by atoms with Crippen molar-refractivity contribution in [3.63, 3.8) is 0 Å². The van der Waals surface area contributed by atoms with Crippen LogP contribution in [0.3, 0.4) is 0 Å². The highest BCUT2D eigenvalue weighted by Crippen LogP contribution is 2.25. The largest absolute Gasteiger partial charge is 0.444 e. The van der Waals surface area contributed by atoms with Gasteiger partial charge in [0.2, 0.25) is 5.91 Å². The summed E-state index contributed by atoms with van der Waals surface area (Å²) in [6.07, 6.45) is 3.12. The number of ether oxygens (including phenoxy) is 1. The Hall–Kier alpha value is -2.48. The number of nitrogens with zero attached hydrogens (tertiary/aromatic N) is 2. The number of carbonyl (C=O) groups excluding carboxylic acids is 2. The number of piperidine rings is 1. The van der Waals surface area contributed by atoms with Crippen LogP contribution in [-0.2, 0) is 16.0 Å². The average Bonchev–Trinajstić information content (AvgIpc) is 3.10. The Kier molecular flexibility index (Phi) is 6.75. The molecule has 6 nitrogen and oxygen atoms in total. The van der Waals surface area contributed by atoms with Gasteiger partial charge in [0.15, 0.2) is 5.13 Å². The predicted molar refractivity (Wildman–Crippen MR) is 115 cm³/mol. The Morgan fingerprint density at radius 1 is 1.30 bits per heavy atom. The minimum absolute atomic E-state index is 0.0823. The molecule has 2 aromatic rings. The number of hydrogen-bond donors (Lipinski definition) is 1. The summed E-state index contributed by atoms with van der Waals surface area (Å²) in [5, 5.41) is 3.42. The normalized spacial score (nSPS) is 15.2. The van der Waals surface area contributed by atoms with Crippen molar-refractivity contribution in [3.05, 3.63) is 46.2 Å². The third-order valence-corrected chi connectivity index (χ3v) is 5.83. The van der Waals surface area contributed by atoms with Crippen LogP contribution in [0.2, 0.25) is 0 Å². The molecule has 1 aromatic carbocycles. The first-order valence-electron chi connectivity index (χ1n) is 10.1. The maximum Gasteiger partial charge on any atom is 0.410 e. The molecule has 0 radical (unpaired) electrons. The molecule has 30 heavy (non-hydrogen) atoms. The van der Waals surface area contributed by atoms with Crippen molar-refractivity contribution in [1.29, 1.82) is 0 Å². The van der Waals surface area contributed by atoms with E-state index in [1.54, 1.807) is 24.1 Å². The molecule has 0 spiro atoms. The Morgan fingerprint density at radius 3 is 2.63 bits per heavy atom. The van der Waals surface area contributed by atoms with Crippen LogP contribution in [0.1, 0.15) is 49.6 Å². The third kappa shape index (κ3) is 6.01. The van der Waals surface area contributed by atoms with E-state index < -0.39 is 5.60 Å². The zero-order valence-corrected chi connectivity index (χ0v) is 18.6. The van der Waals surface area contributed by atoms with Crippen molar-refractivity contribution >= 4 is 28.5 Å². The second kappa shape index (κ2) is 9.12. The SMILES string of the molecule is Cc1ccc(Cc2cnc(NC(=O)C3CCN(C(=O)OC(C)(C)C)CC3)s2)cc1F. The van der Waals surface area contributed by atoms with Gasteiger partial charge >= 0.3 is 6.09 Å². The summed E-state index contributed by atoms with van der Waals surface area (Å²) in [4.78, 5) is 31.6. The lowest BCUT2D eigenvalue weighted by Gasteiger charge is -2.32. The number of thiazole rings is 1. The molecule has 0 saturated carbocycles. The first-order chi connectivity index (χ1) is 14.1. The number of halogens is 1. The molecular weight excluding hydrogens is 405 g/mol. The lowest BCUT2D eigenvalue weighted by Crippen LogP contribution is -2.43. The molecule has 1 saturated heterocycles. The molecule has 162 valence electrons. The van der Waals surface area contributed by atoms with Gasteiger partial charge < -0.3 is 15.0 Å². The molecule has 1 N–H and O–H groups in total. The van der Waals surface area contributed by atoms with Gasteiger partial charge in [0, 0.05) is 36.5 Å². The van der Waals surface area contributed by atoms with Crippen molar-refractivity contribution in [1.82, 2.24) is 9.88 Å². The summed E-state index contributed by atoms with van der Waals surface area (Å²) in [7, 11) is 0. The zero-order valence-electron chi connectivity index (χ0n) is 17.8. The predicted octanol–water partition coefficient (Wildman–Crippen LogP) is 4.77. The highest BCUT2D eigenvalue weighted by Gasteiger charge is 2.30. The molecule has 0 atom stereocenters. The summed E-state index contributed by atoms with van der Waals surface area (Å²) in [6.45, 7) is 8.23. The number of amides is 2. The van der Waals surface area contributed by atoms with Crippen molar-refractivity contribution < 1.29 is 18.7 Å². The Bertz CT molecular complexity index is 915. The molecule has 1 fully saturated rings. The average molecular weight is 434 g/mol. The number of likely N-dealkylation sites (tertiary alicyclic amines) is 1. The van der Waals surface area contributed by atoms with Gasteiger partial charge in [0.1, 0.15) is 11.4 Å². The molecule has 0 bridgehead atoms. The van der Waals surface area contributed by atoms with E-state index >= 15 is 0 Å². The summed E-state index contributed by atoms with van der Waals surface area (Å²) in [6, 6.07) is 5.19. The molecular formula is C22H28FN3O3S. The van der Waals surface area contributed by atoms with E-state index in [1.165, 1.54) is 17.4 Å². The van der Waals surface area contributed by atoms with E-state index in [1.807, 2.05) is 26.8 Å². The summed E-state index contributed by atoms with van der Waals surface area (Å²) >= 11 is 1.39. The molecule has 1 aliphatic rings. The van der Waals surface area contributed by atoms with Gasteiger partial charge in [-0.05, 0) is 57.7 Å². The standard InChI is InChI=1S/C22H28FN3O3S/c1-14-5-6-15(12-18(14)23)11-17-13-24-20(30-17)25-19(27)16-7-9-26(10-8-16)21(28)29-22(2,3)4/h5-6,12-13,16H,7-11H2,1-4H3,(H,24,25,27). The van der Waals surface area contributed by atoms with Crippen molar-refractivity contribution in [3.8, 4) is 0 Å². The number of nitrogens with one attached hydrogen (secondary N) is 1. The Labute approximate surface area is 180 Å². The summed E-state index contributed by atoms with van der Waals surface area (Å²) < 4.78 is 19.1. The van der Waals surface area contributed by atoms with Gasteiger partial charge in [0.25, 0.3) is 0 Å². The van der Waals surface area contributed by atoms with Gasteiger partial charge in [-0.2, -0.15) is 0 Å². The van der Waals surface area contributed by atoms with Crippen LogP contribution < -0.4 is 5.32 Å². The van der Waals surface area contributed by atoms with E-state index in [4.69, 9.17) is 4.74 Å². The minimum Gasteiger partial charge on any atom is -0.444 e. The number of hydrogen-bond acceptors (Lipinski definition) is 5. The molecule has 8 heteroatoms. The van der Waals surface area contributed by atoms with Crippen LogP contribution in [0.15, 0.2) is 24.4 Å². The van der Waals surface area contributed by atoms with Gasteiger partial charge in [-0.3, -0.25) is 4.79 Å². The number of anilines is 1. The first kappa shape index (κ1) is 22.2. The van der Waals surface area contributed by atoms with Crippen LogP contribution >= 0.6 is 11.3 Å². The van der Waals surface area contributed by atoms with E-state index in [0.29, 0.717) is 43.0 Å². The maximum atomic E-state index is 13.7. The van der Waals surface area contributed by atoms with E-state index in [9.17, 15) is 14.0 Å². The highest BCUT2D eigenvalue weighted by molar-refractivity contribution is 7.15. The van der Waals surface area contributed by atoms with Crippen LogP contribution in [0.4, 0.5) is 14.3 Å². The topological polar surface area (TPSA) is 71.5 Å². The second-order valence-electron chi connectivity index (χ2n) is 8.62. The fourth-order valence-corrected chi connectivity index (χ4v) is 4.10. The number of aryl methyl sites for hydroxylation is 1. The van der Waals surface area contributed by atoms with Crippen LogP contribution in [0.5, 0.6) is 0 Å². The van der Waals surface area contributed by atoms with Crippen molar-refractivity contribution in [2.45, 2.75) is 52.6 Å². The molecule has 0 unspecified atom stereocenters. The van der Waals surface area contributed by atoms with Gasteiger partial charge in [-0.15, -0.1) is 11.3 Å². The molecule has 1 aromatic heterocycles. The van der Waals surface area contributed by atoms with E-state index in [0.717, 1.165) is 10.4 Å². The fraction of sp³-hybridized carbons (Fsp3) is 0.500. The summed E-state index contributed by atoms with van der Waals surface area (Å²) in [5.74, 6) is -0.466. The van der Waals surface area contributed by atoms with Crippen LogP contribution in [0, 0.1) is 18.7 Å². The highest BCUT2D eigenvalue weighted by atomic mass is 32.1. The monoisotopic (exact) mass is 433 g/mol. The molecule has 2 heterocycles. The number of rotatable bonds is 4. The number of carbonyl (C=O) groups is 2. The van der Waals surface area contributed by atoms with Crippen molar-refractivity contribution in [2.75, 3.05) is 18.4 Å². The maximum absolute atomic E-state index is 13.7. The molecule has 3 rings (SSSR count). The lowest BCUT2D eigenvalue weighted by atomic mass is 9.96. The molecule has 0 aliphatic carbocycles. The van der Waals surface area contributed by atoms with Crippen LogP contribution in [0.25, 0.3) is 0 Å². The van der Waals surface area contributed by atoms with E-state index in [-0.39, 0.29) is 23.7 Å². The second-order valence-corrected chi connectivity index (χ2v) is 9.74. The van der Waals surface area contributed by atoms with Crippen LogP contribution in [-0.4, -0.2) is 40.6 Å². The number of aromatic nitrogens is 1. The van der Waals surface area contributed by atoms with Crippen molar-refractivity contribution in [2.24, 2.45) is 5.92 Å². The lowest BCUT2D eigenvalue weighted by molar-refractivity contribution is -0.121. The number of benzene rings is 1. The third-order valence-electron chi connectivity index (χ3n) is 4.92. The van der Waals surface area contributed by atoms with E-state index in [2.05, 4.69) is 10.3 Å². The first-order valence-corrected chi connectivity index (χ1v) is 10.9. The van der Waals surface area contributed by atoms with Gasteiger partial charge in [-0.25, -0.2) is 14.2 Å². The Balaban J connectivity index is 1.50. The zero-order chi connectivity index (χ0) is 21.9. The minimum atomic E-state index is -0.530. The van der Waals surface area contributed by atoms with Gasteiger partial charge in [-0.1, -0.05) is 12.1 Å². The smallest absolute Gasteiger partial charge is 0.410 e. The summed E-state index contributed by atoms with van der Waals surface area (Å²) in [5.41, 5.74) is 0.959. The fourth-order valence-electron chi connectivity index (χ4n) is 3.25. The van der Waals surface area contributed by atoms with Gasteiger partial charge in [0.05, 0.1) is 0 Å². The quantitative estimate of drug-likeness (QED) is 0.754. The molecule has 1 aliphatic heterocycles.